The maximum absolute atomic E-state index is 11.9. The van der Waals surface area contributed by atoms with E-state index >= 15 is 0 Å². The number of ketones is 1. The minimum absolute atomic E-state index is 0.0615. The highest BCUT2D eigenvalue weighted by atomic mass is 16.5. The molecule has 2 unspecified atom stereocenters. The molecule has 1 aliphatic heterocycles. The second kappa shape index (κ2) is 6.66. The number of rotatable bonds is 4. The number of aromatic nitrogens is 2. The van der Waals surface area contributed by atoms with Crippen LogP contribution >= 0.6 is 0 Å². The number of hydrogen-bond acceptors (Lipinski definition) is 6. The van der Waals surface area contributed by atoms with E-state index < -0.39 is 0 Å². The molecule has 1 saturated carbocycles. The normalized spacial score (nSPS) is 28.0. The Kier molecular flexibility index (Phi) is 4.65. The monoisotopic (exact) mass is 293 g/mol. The fourth-order valence-corrected chi connectivity index (χ4v) is 3.11. The van der Waals surface area contributed by atoms with Gasteiger partial charge in [-0.15, -0.1) is 0 Å². The van der Waals surface area contributed by atoms with Gasteiger partial charge in [0.05, 0.1) is 6.61 Å². The summed E-state index contributed by atoms with van der Waals surface area (Å²) in [7, 11) is 0. The third-order valence-corrected chi connectivity index (χ3v) is 4.47. The van der Waals surface area contributed by atoms with E-state index in [1.807, 2.05) is 0 Å². The van der Waals surface area contributed by atoms with Crippen LogP contribution in [0.3, 0.4) is 0 Å². The molecule has 0 radical (unpaired) electrons. The number of ether oxygens (including phenoxy) is 1. The molecule has 1 aliphatic carbocycles. The molecule has 2 heterocycles. The molecule has 0 N–H and O–H groups in total. The fraction of sp³-hybridized carbons (Fsp3) is 0.800. The van der Waals surface area contributed by atoms with Crippen molar-refractivity contribution in [2.24, 2.45) is 5.92 Å². The summed E-state index contributed by atoms with van der Waals surface area (Å²) >= 11 is 0. The van der Waals surface area contributed by atoms with Gasteiger partial charge in [0.15, 0.2) is 0 Å². The lowest BCUT2D eigenvalue weighted by Gasteiger charge is -2.30. The van der Waals surface area contributed by atoms with Crippen LogP contribution in [0.5, 0.6) is 0 Å². The maximum atomic E-state index is 11.9. The van der Waals surface area contributed by atoms with Gasteiger partial charge in [-0.1, -0.05) is 18.5 Å². The van der Waals surface area contributed by atoms with E-state index in [2.05, 4.69) is 22.0 Å². The second-order valence-corrected chi connectivity index (χ2v) is 5.91. The van der Waals surface area contributed by atoms with Crippen LogP contribution in [0.1, 0.15) is 50.4 Å². The van der Waals surface area contributed by atoms with Crippen molar-refractivity contribution in [1.29, 1.82) is 0 Å². The summed E-state index contributed by atoms with van der Waals surface area (Å²) in [4.78, 5) is 18.6. The van der Waals surface area contributed by atoms with Gasteiger partial charge >= 0.3 is 0 Å². The first-order chi connectivity index (χ1) is 10.3. The molecule has 6 nitrogen and oxygen atoms in total. The smallest absolute Gasteiger partial charge is 0.227 e. The van der Waals surface area contributed by atoms with Crippen LogP contribution in [0.15, 0.2) is 4.52 Å². The average Bonchev–Trinajstić information content (AvgIpc) is 2.98. The SMILES string of the molecule is CCN1CCOC(c2noc(CC3CCCCC3=O)n2)C1. The number of carbonyl (C=O) groups is 1. The molecular formula is C15H23N3O3. The van der Waals surface area contributed by atoms with Gasteiger partial charge < -0.3 is 9.26 Å². The van der Waals surface area contributed by atoms with Crippen molar-refractivity contribution in [1.82, 2.24) is 15.0 Å². The predicted molar refractivity (Wildman–Crippen MR) is 75.8 cm³/mol. The molecule has 1 aromatic rings. The van der Waals surface area contributed by atoms with Crippen LogP contribution in [0.25, 0.3) is 0 Å². The molecule has 0 spiro atoms. The minimum Gasteiger partial charge on any atom is -0.367 e. The first-order valence-corrected chi connectivity index (χ1v) is 7.95. The summed E-state index contributed by atoms with van der Waals surface area (Å²) in [5.41, 5.74) is 0. The van der Waals surface area contributed by atoms with E-state index in [4.69, 9.17) is 9.26 Å². The van der Waals surface area contributed by atoms with Gasteiger partial charge in [0.1, 0.15) is 11.9 Å². The molecule has 2 atom stereocenters. The molecule has 1 aromatic heterocycles. The quantitative estimate of drug-likeness (QED) is 0.842. The molecule has 2 aliphatic rings. The number of Topliss-reactive ketones (excluding diaryl/α,β-unsaturated/α-hetero) is 1. The zero-order valence-electron chi connectivity index (χ0n) is 12.6. The number of hydrogen-bond donors (Lipinski definition) is 0. The lowest BCUT2D eigenvalue weighted by Crippen LogP contribution is -2.38. The zero-order chi connectivity index (χ0) is 14.7. The van der Waals surface area contributed by atoms with E-state index in [1.165, 1.54) is 0 Å². The summed E-state index contributed by atoms with van der Waals surface area (Å²) in [6.45, 7) is 5.59. The van der Waals surface area contributed by atoms with Gasteiger partial charge in [-0.2, -0.15) is 4.98 Å². The van der Waals surface area contributed by atoms with E-state index in [1.54, 1.807) is 0 Å². The van der Waals surface area contributed by atoms with Crippen LogP contribution in [-0.4, -0.2) is 47.1 Å². The molecule has 0 aromatic carbocycles. The Balaban J connectivity index is 1.61. The van der Waals surface area contributed by atoms with Crippen LogP contribution in [0.4, 0.5) is 0 Å². The van der Waals surface area contributed by atoms with Crippen LogP contribution in [-0.2, 0) is 16.0 Å². The average molecular weight is 293 g/mol. The molecule has 116 valence electrons. The fourth-order valence-electron chi connectivity index (χ4n) is 3.11. The van der Waals surface area contributed by atoms with Crippen molar-refractivity contribution < 1.29 is 14.1 Å². The highest BCUT2D eigenvalue weighted by Crippen LogP contribution is 2.25. The summed E-state index contributed by atoms with van der Waals surface area (Å²) in [5, 5.41) is 4.05. The van der Waals surface area contributed by atoms with Crippen molar-refractivity contribution in [3.8, 4) is 0 Å². The summed E-state index contributed by atoms with van der Waals surface area (Å²) < 4.78 is 11.1. The molecule has 0 bridgehead atoms. The molecular weight excluding hydrogens is 270 g/mol. The third-order valence-electron chi connectivity index (χ3n) is 4.47. The molecule has 3 rings (SSSR count). The highest BCUT2D eigenvalue weighted by molar-refractivity contribution is 5.81. The van der Waals surface area contributed by atoms with Crippen molar-refractivity contribution in [3.63, 3.8) is 0 Å². The first-order valence-electron chi connectivity index (χ1n) is 7.95. The number of nitrogens with zero attached hydrogens (tertiary/aromatic N) is 3. The Morgan fingerprint density at radius 3 is 3.10 bits per heavy atom. The molecule has 1 saturated heterocycles. The van der Waals surface area contributed by atoms with E-state index in [-0.39, 0.29) is 12.0 Å². The molecule has 2 fully saturated rings. The van der Waals surface area contributed by atoms with Gasteiger partial charge in [0.25, 0.3) is 0 Å². The Labute approximate surface area is 124 Å². The Hall–Kier alpha value is -1.27. The lowest BCUT2D eigenvalue weighted by molar-refractivity contribution is -0.124. The lowest BCUT2D eigenvalue weighted by atomic mass is 9.86. The maximum Gasteiger partial charge on any atom is 0.227 e. The Morgan fingerprint density at radius 1 is 1.38 bits per heavy atom. The van der Waals surface area contributed by atoms with E-state index in [0.717, 1.165) is 38.9 Å². The first kappa shape index (κ1) is 14.7. The van der Waals surface area contributed by atoms with Crippen molar-refractivity contribution in [2.75, 3.05) is 26.2 Å². The van der Waals surface area contributed by atoms with Gasteiger partial charge in [0.2, 0.25) is 11.7 Å². The van der Waals surface area contributed by atoms with Gasteiger partial charge in [-0.05, 0) is 19.4 Å². The number of likely N-dealkylation sites (N-methyl/N-ethyl adjacent to an activating group) is 1. The molecule has 21 heavy (non-hydrogen) atoms. The van der Waals surface area contributed by atoms with E-state index in [0.29, 0.717) is 36.9 Å². The zero-order valence-corrected chi connectivity index (χ0v) is 12.6. The number of morpholine rings is 1. The van der Waals surface area contributed by atoms with Gasteiger partial charge in [-0.3, -0.25) is 9.69 Å². The summed E-state index contributed by atoms with van der Waals surface area (Å²) in [5.74, 6) is 1.59. The third kappa shape index (κ3) is 3.49. The topological polar surface area (TPSA) is 68.5 Å². The van der Waals surface area contributed by atoms with Crippen LogP contribution in [0, 0.1) is 5.92 Å². The van der Waals surface area contributed by atoms with Gasteiger partial charge in [-0.25, -0.2) is 0 Å². The second-order valence-electron chi connectivity index (χ2n) is 5.91. The van der Waals surface area contributed by atoms with Crippen LogP contribution in [0.2, 0.25) is 0 Å². The summed E-state index contributed by atoms with van der Waals surface area (Å²) in [6, 6.07) is 0. The van der Waals surface area contributed by atoms with E-state index in [9.17, 15) is 4.79 Å². The number of carbonyl (C=O) groups excluding carboxylic acids is 1. The predicted octanol–water partition coefficient (Wildman–Crippen LogP) is 1.76. The van der Waals surface area contributed by atoms with Crippen molar-refractivity contribution >= 4 is 5.78 Å². The molecule has 6 heteroatoms. The van der Waals surface area contributed by atoms with Crippen molar-refractivity contribution in [3.05, 3.63) is 11.7 Å². The van der Waals surface area contributed by atoms with Crippen molar-refractivity contribution in [2.45, 2.75) is 45.1 Å². The highest BCUT2D eigenvalue weighted by Gasteiger charge is 2.28. The Morgan fingerprint density at radius 2 is 2.29 bits per heavy atom. The van der Waals surface area contributed by atoms with Gasteiger partial charge in [0, 0.05) is 31.8 Å². The standard InChI is InChI=1S/C15H23N3O3/c1-2-18-7-8-20-13(10-18)15-16-14(21-17-15)9-11-5-3-4-6-12(11)19/h11,13H,2-10H2,1H3. The molecule has 0 amide bonds. The minimum atomic E-state index is -0.113. The summed E-state index contributed by atoms with van der Waals surface area (Å²) in [6.07, 6.45) is 4.25. The van der Waals surface area contributed by atoms with Crippen LogP contribution < -0.4 is 0 Å². The Bertz CT molecular complexity index is 488. The largest absolute Gasteiger partial charge is 0.367 e.